The maximum atomic E-state index is 12.6. The topological polar surface area (TPSA) is 116 Å². The average molecular weight is 786 g/mol. The average Bonchev–Trinajstić information content (AvgIpc) is 2.60. The third-order valence-electron chi connectivity index (χ3n) is 3.85. The molecule has 0 bridgehead atoms. The molecule has 0 aliphatic carbocycles. The van der Waals surface area contributed by atoms with Gasteiger partial charge in [-0.2, -0.15) is 8.42 Å². The first-order valence-electron chi connectivity index (χ1n) is 8.57. The number of carbonyl (C=O) groups is 2. The van der Waals surface area contributed by atoms with Crippen LogP contribution in [0.3, 0.4) is 0 Å². The Labute approximate surface area is 220 Å². The van der Waals surface area contributed by atoms with Crippen LogP contribution < -0.4 is 9.47 Å². The summed E-state index contributed by atoms with van der Waals surface area (Å²) >= 11 is 5.98. The summed E-state index contributed by atoms with van der Waals surface area (Å²) in [6.07, 6.45) is 0. The molecule has 0 atom stereocenters. The maximum Gasteiger partial charge on any atom is 0.340 e. The van der Waals surface area contributed by atoms with Gasteiger partial charge in [-0.05, 0) is 111 Å². The fourth-order valence-corrected chi connectivity index (χ4v) is 7.73. The molecule has 1 N–H and O–H groups in total. The van der Waals surface area contributed by atoms with Crippen LogP contribution in [0.1, 0.15) is 28.4 Å². The van der Waals surface area contributed by atoms with Crippen molar-refractivity contribution < 1.29 is 36.8 Å². The van der Waals surface area contributed by atoms with Crippen LogP contribution in [-0.2, 0) is 19.6 Å². The highest BCUT2D eigenvalue weighted by Crippen LogP contribution is 2.34. The van der Waals surface area contributed by atoms with E-state index in [4.69, 9.17) is 14.2 Å². The molecule has 8 nitrogen and oxygen atoms in total. The lowest BCUT2D eigenvalue weighted by molar-refractivity contribution is -0.132. The zero-order valence-electron chi connectivity index (χ0n) is 16.5. The number of carbonyl (C=O) groups excluding carboxylic acids is 2. The van der Waals surface area contributed by atoms with Crippen molar-refractivity contribution >= 4 is 89.8 Å². The molecular formula is C19H17I3O8S. The Balaban J connectivity index is 2.08. The molecule has 31 heavy (non-hydrogen) atoms. The quantitative estimate of drug-likeness (QED) is 0.143. The molecule has 0 amide bonds. The van der Waals surface area contributed by atoms with E-state index in [-0.39, 0.29) is 18.1 Å². The van der Waals surface area contributed by atoms with Crippen LogP contribution in [-0.4, -0.2) is 38.1 Å². The number of halogens is 3. The number of esters is 2. The van der Waals surface area contributed by atoms with Crippen LogP contribution in [0, 0.1) is 24.6 Å². The molecule has 0 radical (unpaired) electrons. The summed E-state index contributed by atoms with van der Waals surface area (Å²) in [5, 5.41) is 0. The summed E-state index contributed by atoms with van der Waals surface area (Å²) in [7, 11) is -4.33. The van der Waals surface area contributed by atoms with Crippen molar-refractivity contribution in [2.24, 2.45) is 0 Å². The molecule has 2 aromatic carbocycles. The van der Waals surface area contributed by atoms with Crippen LogP contribution in [0.25, 0.3) is 0 Å². The summed E-state index contributed by atoms with van der Waals surface area (Å²) < 4.78 is 50.1. The number of rotatable bonds is 7. The van der Waals surface area contributed by atoms with E-state index in [1.807, 2.05) is 67.8 Å². The largest absolute Gasteiger partial charge is 0.490 e. The third kappa shape index (κ3) is 6.88. The predicted octanol–water partition coefficient (Wildman–Crippen LogP) is 4.53. The minimum atomic E-state index is -4.33. The van der Waals surface area contributed by atoms with Gasteiger partial charge in [0.1, 0.15) is 19.0 Å². The molecule has 0 aliphatic rings. The minimum Gasteiger partial charge on any atom is -0.490 e. The third-order valence-corrected chi connectivity index (χ3v) is 7.70. The normalized spacial score (nSPS) is 11.2. The Hall–Kier alpha value is -0.720. The van der Waals surface area contributed by atoms with Gasteiger partial charge in [0.15, 0.2) is 5.75 Å². The fraction of sp³-hybridized carbons (Fsp3) is 0.263. The van der Waals surface area contributed by atoms with Crippen LogP contribution in [0.2, 0.25) is 0 Å². The van der Waals surface area contributed by atoms with E-state index in [2.05, 4.69) is 0 Å². The van der Waals surface area contributed by atoms with Crippen molar-refractivity contribution in [3.63, 3.8) is 0 Å². The van der Waals surface area contributed by atoms with Crippen LogP contribution >= 0.6 is 67.8 Å². The molecular weight excluding hydrogens is 769 g/mol. The second-order valence-electron chi connectivity index (χ2n) is 6.30. The fourth-order valence-electron chi connectivity index (χ4n) is 2.76. The Bertz CT molecular complexity index is 1120. The van der Waals surface area contributed by atoms with Crippen molar-refractivity contribution in [3.05, 3.63) is 45.6 Å². The van der Waals surface area contributed by atoms with Crippen molar-refractivity contribution in [2.45, 2.75) is 25.7 Å². The van der Waals surface area contributed by atoms with Gasteiger partial charge in [0.05, 0.1) is 17.6 Å². The van der Waals surface area contributed by atoms with Gasteiger partial charge in [0.2, 0.25) is 0 Å². The highest BCUT2D eigenvalue weighted by Gasteiger charge is 2.23. The second-order valence-corrected chi connectivity index (χ2v) is 11.1. The standard InChI is InChI=1S/C19H17I3O8S/c1-9-6-12(7-10(2)18(9)31(25,26)27)28-4-5-29-19(24)15-13(20)8-14(21)17(16(15)22)30-11(3)23/h6-8H,4-5H2,1-3H3,(H,25,26,27). The molecule has 12 heteroatoms. The Morgan fingerprint density at radius 1 is 1.00 bits per heavy atom. The van der Waals surface area contributed by atoms with E-state index < -0.39 is 22.1 Å². The molecule has 0 fully saturated rings. The Kier molecular flexibility index (Phi) is 9.36. The van der Waals surface area contributed by atoms with Gasteiger partial charge in [-0.1, -0.05) is 0 Å². The molecule has 2 aromatic rings. The lowest BCUT2D eigenvalue weighted by atomic mass is 10.1. The van der Waals surface area contributed by atoms with Crippen molar-refractivity contribution in [1.29, 1.82) is 0 Å². The first-order chi connectivity index (χ1) is 14.3. The van der Waals surface area contributed by atoms with Gasteiger partial charge in [0.25, 0.3) is 10.1 Å². The van der Waals surface area contributed by atoms with Crippen molar-refractivity contribution in [3.8, 4) is 11.5 Å². The number of aryl methyl sites for hydroxylation is 2. The Morgan fingerprint density at radius 3 is 2.10 bits per heavy atom. The van der Waals surface area contributed by atoms with Crippen LogP contribution in [0.5, 0.6) is 11.5 Å². The number of hydrogen-bond donors (Lipinski definition) is 1. The molecule has 0 spiro atoms. The van der Waals surface area contributed by atoms with E-state index in [1.54, 1.807) is 19.9 Å². The highest BCUT2D eigenvalue weighted by atomic mass is 127. The zero-order chi connectivity index (χ0) is 23.5. The van der Waals surface area contributed by atoms with Crippen molar-refractivity contribution in [1.82, 2.24) is 0 Å². The summed E-state index contributed by atoms with van der Waals surface area (Å²) in [5.41, 5.74) is 0.980. The molecule has 0 heterocycles. The van der Waals surface area contributed by atoms with E-state index in [0.29, 0.717) is 38.9 Å². The highest BCUT2D eigenvalue weighted by molar-refractivity contribution is 14.1. The monoisotopic (exact) mass is 786 g/mol. The van der Waals surface area contributed by atoms with Gasteiger partial charge in [0, 0.05) is 10.5 Å². The SMILES string of the molecule is CC(=O)Oc1c(I)cc(I)c(C(=O)OCCOc2cc(C)c(S(=O)(=O)O)c(C)c2)c1I. The zero-order valence-corrected chi connectivity index (χ0v) is 23.8. The lowest BCUT2D eigenvalue weighted by Crippen LogP contribution is -2.16. The first kappa shape index (κ1) is 26.5. The first-order valence-corrected chi connectivity index (χ1v) is 13.2. The van der Waals surface area contributed by atoms with Gasteiger partial charge < -0.3 is 14.2 Å². The second kappa shape index (κ2) is 10.9. The molecule has 2 rings (SSSR count). The summed E-state index contributed by atoms with van der Waals surface area (Å²) in [6.45, 7) is 4.35. The van der Waals surface area contributed by atoms with E-state index in [9.17, 15) is 22.6 Å². The van der Waals surface area contributed by atoms with Gasteiger partial charge >= 0.3 is 11.9 Å². The van der Waals surface area contributed by atoms with Gasteiger partial charge in [-0.25, -0.2) is 4.79 Å². The van der Waals surface area contributed by atoms with E-state index in [0.717, 1.165) is 0 Å². The summed E-state index contributed by atoms with van der Waals surface area (Å²) in [4.78, 5) is 23.8. The molecule has 0 aliphatic heterocycles. The predicted molar refractivity (Wildman–Crippen MR) is 137 cm³/mol. The molecule has 0 saturated carbocycles. The van der Waals surface area contributed by atoms with E-state index >= 15 is 0 Å². The minimum absolute atomic E-state index is 0.0319. The number of hydrogen-bond acceptors (Lipinski definition) is 7. The maximum absolute atomic E-state index is 12.6. The Morgan fingerprint density at radius 2 is 1.58 bits per heavy atom. The number of benzene rings is 2. The van der Waals surface area contributed by atoms with Gasteiger partial charge in [-0.3, -0.25) is 9.35 Å². The van der Waals surface area contributed by atoms with Crippen LogP contribution in [0.15, 0.2) is 23.1 Å². The van der Waals surface area contributed by atoms with Gasteiger partial charge in [-0.15, -0.1) is 0 Å². The summed E-state index contributed by atoms with van der Waals surface area (Å²) in [6, 6.07) is 4.68. The van der Waals surface area contributed by atoms with E-state index in [1.165, 1.54) is 19.1 Å². The van der Waals surface area contributed by atoms with Crippen molar-refractivity contribution in [2.75, 3.05) is 13.2 Å². The molecule has 0 aromatic heterocycles. The molecule has 0 unspecified atom stereocenters. The smallest absolute Gasteiger partial charge is 0.340 e. The molecule has 0 saturated heterocycles. The number of ether oxygens (including phenoxy) is 3. The summed E-state index contributed by atoms with van der Waals surface area (Å²) in [5.74, 6) is -0.386. The lowest BCUT2D eigenvalue weighted by Gasteiger charge is -2.14. The van der Waals surface area contributed by atoms with Crippen LogP contribution in [0.4, 0.5) is 0 Å². The molecule has 168 valence electrons.